The zero-order chi connectivity index (χ0) is 22.9. The Morgan fingerprint density at radius 3 is 2.56 bits per heavy atom. The van der Waals surface area contributed by atoms with E-state index in [2.05, 4.69) is 4.98 Å². The maximum Gasteiger partial charge on any atom is 0.333 e. The Hall–Kier alpha value is -3.32. The minimum Gasteiger partial charge on any atom is -0.493 e. The van der Waals surface area contributed by atoms with Gasteiger partial charge in [-0.3, -0.25) is 0 Å². The third kappa shape index (κ3) is 6.11. The second-order valence-electron chi connectivity index (χ2n) is 7.18. The first-order valence-electron chi connectivity index (χ1n) is 10.8. The summed E-state index contributed by atoms with van der Waals surface area (Å²) in [5, 5.41) is 9.36. The molecule has 1 heterocycles. The van der Waals surface area contributed by atoms with E-state index in [0.29, 0.717) is 43.6 Å². The van der Waals surface area contributed by atoms with Crippen LogP contribution in [0.25, 0.3) is 11.5 Å². The summed E-state index contributed by atoms with van der Waals surface area (Å²) in [4.78, 5) is 16.0. The third-order valence-electron chi connectivity index (χ3n) is 4.91. The van der Waals surface area contributed by atoms with Gasteiger partial charge in [0.25, 0.3) is 0 Å². The van der Waals surface area contributed by atoms with Gasteiger partial charge in [0, 0.05) is 31.1 Å². The van der Waals surface area contributed by atoms with Crippen LogP contribution in [-0.4, -0.2) is 42.0 Å². The van der Waals surface area contributed by atoms with Crippen LogP contribution < -0.4 is 9.47 Å². The lowest BCUT2D eigenvalue weighted by Crippen LogP contribution is -2.26. The second kappa shape index (κ2) is 11.3. The Kier molecular flexibility index (Phi) is 8.27. The van der Waals surface area contributed by atoms with Crippen LogP contribution in [0.5, 0.6) is 11.5 Å². The number of ether oxygens (including phenoxy) is 3. The molecular weight excluding hydrogens is 410 g/mol. The van der Waals surface area contributed by atoms with E-state index in [9.17, 15) is 9.90 Å². The molecular formula is C25H29NO6. The highest BCUT2D eigenvalue weighted by Gasteiger charge is 2.20. The molecule has 0 aliphatic carbocycles. The number of oxazole rings is 1. The molecule has 0 fully saturated rings. The van der Waals surface area contributed by atoms with Crippen LogP contribution in [-0.2, 0) is 22.4 Å². The average Bonchev–Trinajstić information content (AvgIpc) is 3.16. The zero-order valence-corrected chi connectivity index (χ0v) is 18.7. The lowest BCUT2D eigenvalue weighted by Gasteiger charge is -2.16. The van der Waals surface area contributed by atoms with Crippen LogP contribution in [0.4, 0.5) is 0 Å². The number of hydrogen-bond acceptors (Lipinski definition) is 6. The molecule has 32 heavy (non-hydrogen) atoms. The fourth-order valence-corrected chi connectivity index (χ4v) is 3.33. The van der Waals surface area contributed by atoms with Crippen molar-refractivity contribution in [3.05, 3.63) is 65.5 Å². The maximum atomic E-state index is 11.4. The van der Waals surface area contributed by atoms with Crippen molar-refractivity contribution in [1.82, 2.24) is 4.98 Å². The highest BCUT2D eigenvalue weighted by molar-refractivity contribution is 5.73. The predicted octanol–water partition coefficient (Wildman–Crippen LogP) is 4.70. The topological polar surface area (TPSA) is 91.0 Å². The van der Waals surface area contributed by atoms with E-state index >= 15 is 0 Å². The summed E-state index contributed by atoms with van der Waals surface area (Å²) in [6.07, 6.45) is -0.0988. The van der Waals surface area contributed by atoms with Gasteiger partial charge < -0.3 is 23.7 Å². The van der Waals surface area contributed by atoms with Gasteiger partial charge in [0.2, 0.25) is 5.89 Å². The van der Waals surface area contributed by atoms with E-state index in [0.717, 1.165) is 22.6 Å². The average molecular weight is 440 g/mol. The zero-order valence-electron chi connectivity index (χ0n) is 18.7. The lowest BCUT2D eigenvalue weighted by atomic mass is 10.1. The number of carbonyl (C=O) groups is 1. The number of rotatable bonds is 12. The number of benzene rings is 2. The Balaban J connectivity index is 1.65. The largest absolute Gasteiger partial charge is 0.493 e. The van der Waals surface area contributed by atoms with Gasteiger partial charge >= 0.3 is 5.97 Å². The summed E-state index contributed by atoms with van der Waals surface area (Å²) in [5.74, 6) is 1.62. The monoisotopic (exact) mass is 439 g/mol. The maximum absolute atomic E-state index is 11.4. The molecule has 1 unspecified atom stereocenters. The number of carboxylic acid groups (broad SMARTS) is 1. The van der Waals surface area contributed by atoms with Crippen molar-refractivity contribution in [3.63, 3.8) is 0 Å². The number of carboxylic acids is 1. The van der Waals surface area contributed by atoms with Crippen LogP contribution in [0.2, 0.25) is 0 Å². The quantitative estimate of drug-likeness (QED) is 0.437. The van der Waals surface area contributed by atoms with Crippen LogP contribution in [0.3, 0.4) is 0 Å². The minimum absolute atomic E-state index is 0.221. The van der Waals surface area contributed by atoms with Crippen molar-refractivity contribution < 1.29 is 28.5 Å². The number of hydrogen-bond donors (Lipinski definition) is 1. The first-order valence-corrected chi connectivity index (χ1v) is 10.8. The van der Waals surface area contributed by atoms with Crippen molar-refractivity contribution in [2.75, 3.05) is 19.8 Å². The van der Waals surface area contributed by atoms with Crippen LogP contribution >= 0.6 is 0 Å². The molecule has 7 heteroatoms. The molecule has 0 amide bonds. The van der Waals surface area contributed by atoms with Crippen LogP contribution in [0.15, 0.2) is 52.9 Å². The van der Waals surface area contributed by atoms with Crippen LogP contribution in [0, 0.1) is 6.92 Å². The highest BCUT2D eigenvalue weighted by atomic mass is 16.5. The molecule has 0 aliphatic rings. The molecule has 0 saturated heterocycles. The van der Waals surface area contributed by atoms with E-state index in [1.165, 1.54) is 0 Å². The van der Waals surface area contributed by atoms with Crippen molar-refractivity contribution in [2.45, 2.75) is 39.7 Å². The fourth-order valence-electron chi connectivity index (χ4n) is 3.33. The van der Waals surface area contributed by atoms with Gasteiger partial charge in [0.15, 0.2) is 6.10 Å². The fraction of sp³-hybridized carbons (Fsp3) is 0.360. The van der Waals surface area contributed by atoms with Gasteiger partial charge in [0.05, 0.1) is 18.9 Å². The van der Waals surface area contributed by atoms with Gasteiger partial charge in [-0.2, -0.15) is 0 Å². The van der Waals surface area contributed by atoms with E-state index < -0.39 is 12.1 Å². The smallest absolute Gasteiger partial charge is 0.333 e. The lowest BCUT2D eigenvalue weighted by molar-refractivity contribution is -0.149. The SMILES string of the molecule is CCOc1cc(OCCc2nc(-c3ccccc3)oc2C)ccc1CC(OCC)C(=O)O. The van der Waals surface area contributed by atoms with E-state index in [-0.39, 0.29) is 6.42 Å². The molecule has 0 aliphatic heterocycles. The highest BCUT2D eigenvalue weighted by Crippen LogP contribution is 2.27. The Morgan fingerprint density at radius 2 is 1.88 bits per heavy atom. The molecule has 2 aromatic carbocycles. The molecule has 3 aromatic rings. The molecule has 1 N–H and O–H groups in total. The molecule has 7 nitrogen and oxygen atoms in total. The molecule has 1 atom stereocenters. The van der Waals surface area contributed by atoms with Crippen LogP contribution in [0.1, 0.15) is 30.9 Å². The Labute approximate surface area is 188 Å². The molecule has 0 bridgehead atoms. The number of aryl methyl sites for hydroxylation is 1. The van der Waals surface area contributed by atoms with Crippen molar-refractivity contribution >= 4 is 5.97 Å². The van der Waals surface area contributed by atoms with Crippen molar-refractivity contribution in [3.8, 4) is 23.0 Å². The van der Waals surface area contributed by atoms with Crippen molar-refractivity contribution in [1.29, 1.82) is 0 Å². The van der Waals surface area contributed by atoms with Gasteiger partial charge in [-0.1, -0.05) is 24.3 Å². The third-order valence-corrected chi connectivity index (χ3v) is 4.91. The summed E-state index contributed by atoms with van der Waals surface area (Å²) in [5.41, 5.74) is 2.55. The van der Waals surface area contributed by atoms with Gasteiger partial charge in [-0.05, 0) is 44.5 Å². The summed E-state index contributed by atoms with van der Waals surface area (Å²) >= 11 is 0. The number of nitrogens with zero attached hydrogens (tertiary/aromatic N) is 1. The normalized spacial score (nSPS) is 11.8. The summed E-state index contributed by atoms with van der Waals surface area (Å²) < 4.78 is 22.8. The van der Waals surface area contributed by atoms with E-state index in [4.69, 9.17) is 18.6 Å². The van der Waals surface area contributed by atoms with E-state index in [1.807, 2.05) is 56.3 Å². The molecule has 3 rings (SSSR count). The molecule has 0 radical (unpaired) electrons. The number of aromatic nitrogens is 1. The summed E-state index contributed by atoms with van der Waals surface area (Å²) in [6, 6.07) is 15.2. The molecule has 170 valence electrons. The van der Waals surface area contributed by atoms with E-state index in [1.54, 1.807) is 13.0 Å². The van der Waals surface area contributed by atoms with Crippen molar-refractivity contribution in [2.24, 2.45) is 0 Å². The van der Waals surface area contributed by atoms with Gasteiger partial charge in [0.1, 0.15) is 17.3 Å². The second-order valence-corrected chi connectivity index (χ2v) is 7.18. The Morgan fingerprint density at radius 1 is 1.09 bits per heavy atom. The standard InChI is InChI=1S/C25H29NO6/c1-4-29-22-16-20(12-11-19(22)15-23(25(27)28)30-5-2)31-14-13-21-17(3)32-24(26-21)18-9-7-6-8-10-18/h6-12,16,23H,4-5,13-15H2,1-3H3,(H,27,28). The summed E-state index contributed by atoms with van der Waals surface area (Å²) in [7, 11) is 0. The first-order chi connectivity index (χ1) is 15.5. The Bertz CT molecular complexity index is 1010. The molecule has 0 spiro atoms. The molecule has 0 saturated carbocycles. The minimum atomic E-state index is -0.993. The van der Waals surface area contributed by atoms with Gasteiger partial charge in [-0.15, -0.1) is 0 Å². The predicted molar refractivity (Wildman–Crippen MR) is 120 cm³/mol. The molecule has 1 aromatic heterocycles. The number of aliphatic carboxylic acids is 1. The van der Waals surface area contributed by atoms with Gasteiger partial charge in [-0.25, -0.2) is 9.78 Å². The first kappa shape index (κ1) is 23.3. The summed E-state index contributed by atoms with van der Waals surface area (Å²) in [6.45, 7) is 6.76.